The third-order valence-corrected chi connectivity index (χ3v) is 4.20. The highest BCUT2D eigenvalue weighted by Gasteiger charge is 2.13. The molecule has 4 aromatic rings. The summed E-state index contributed by atoms with van der Waals surface area (Å²) >= 11 is 0. The molecular formula is C21H15NO2. The molecule has 0 spiro atoms. The Balaban J connectivity index is 1.86. The highest BCUT2D eigenvalue weighted by atomic mass is 16.3. The van der Waals surface area contributed by atoms with Crippen molar-refractivity contribution in [2.45, 2.75) is 6.92 Å². The number of rotatable bonds is 3. The fraction of sp³-hybridized carbons (Fsp3) is 0.0476. The lowest BCUT2D eigenvalue weighted by Crippen LogP contribution is -1.88. The number of carbonyl (C=O) groups is 1. The Kier molecular flexibility index (Phi) is 3.47. The second kappa shape index (κ2) is 5.78. The second-order valence-corrected chi connectivity index (χ2v) is 5.71. The zero-order valence-electron chi connectivity index (χ0n) is 13.2. The van der Waals surface area contributed by atoms with Gasteiger partial charge in [-0.05, 0) is 47.9 Å². The summed E-state index contributed by atoms with van der Waals surface area (Å²) in [5, 5.41) is 0. The lowest BCUT2D eigenvalue weighted by Gasteiger charge is -2.09. The molecule has 116 valence electrons. The lowest BCUT2D eigenvalue weighted by atomic mass is 9.96. The highest BCUT2D eigenvalue weighted by Crippen LogP contribution is 2.32. The summed E-state index contributed by atoms with van der Waals surface area (Å²) < 4.78 is 5.90. The van der Waals surface area contributed by atoms with Gasteiger partial charge < -0.3 is 4.42 Å². The number of carbonyl (C=O) groups excluding carboxylic acids is 1. The normalized spacial score (nSPS) is 10.9. The zero-order valence-corrected chi connectivity index (χ0v) is 13.2. The maximum atomic E-state index is 10.9. The molecule has 0 aliphatic carbocycles. The molecule has 24 heavy (non-hydrogen) atoms. The van der Waals surface area contributed by atoms with E-state index in [0.717, 1.165) is 28.5 Å². The predicted molar refractivity (Wildman–Crippen MR) is 95.0 cm³/mol. The first-order chi connectivity index (χ1) is 11.8. The minimum Gasteiger partial charge on any atom is -0.436 e. The fourth-order valence-corrected chi connectivity index (χ4v) is 2.93. The van der Waals surface area contributed by atoms with Crippen molar-refractivity contribution in [2.75, 3.05) is 0 Å². The van der Waals surface area contributed by atoms with Gasteiger partial charge in [0.15, 0.2) is 5.58 Å². The van der Waals surface area contributed by atoms with Crippen LogP contribution in [0.15, 0.2) is 71.1 Å². The van der Waals surface area contributed by atoms with Crippen molar-refractivity contribution in [3.63, 3.8) is 0 Å². The van der Waals surface area contributed by atoms with Crippen LogP contribution in [0.5, 0.6) is 0 Å². The van der Waals surface area contributed by atoms with Crippen molar-refractivity contribution >= 4 is 17.4 Å². The number of fused-ring (bicyclic) bond motifs is 1. The molecule has 0 aliphatic rings. The van der Waals surface area contributed by atoms with Gasteiger partial charge in [0.25, 0.3) is 0 Å². The van der Waals surface area contributed by atoms with Crippen LogP contribution < -0.4 is 0 Å². The summed E-state index contributed by atoms with van der Waals surface area (Å²) in [7, 11) is 0. The van der Waals surface area contributed by atoms with Gasteiger partial charge in [-0.15, -0.1) is 0 Å². The van der Waals surface area contributed by atoms with Gasteiger partial charge >= 0.3 is 0 Å². The number of hydrogen-bond acceptors (Lipinski definition) is 3. The molecule has 4 rings (SSSR count). The zero-order chi connectivity index (χ0) is 16.5. The third-order valence-electron chi connectivity index (χ3n) is 4.20. The van der Waals surface area contributed by atoms with E-state index in [0.29, 0.717) is 22.6 Å². The van der Waals surface area contributed by atoms with Crippen LogP contribution in [0.3, 0.4) is 0 Å². The van der Waals surface area contributed by atoms with Crippen molar-refractivity contribution in [1.82, 2.24) is 4.98 Å². The van der Waals surface area contributed by atoms with Crippen LogP contribution in [0.2, 0.25) is 0 Å². The molecular weight excluding hydrogens is 298 g/mol. The molecule has 1 aromatic heterocycles. The molecule has 0 fully saturated rings. The summed E-state index contributed by atoms with van der Waals surface area (Å²) in [6.07, 6.45) is 0.815. The average molecular weight is 313 g/mol. The van der Waals surface area contributed by atoms with Gasteiger partial charge in [0.2, 0.25) is 5.89 Å². The van der Waals surface area contributed by atoms with Crippen molar-refractivity contribution < 1.29 is 9.21 Å². The van der Waals surface area contributed by atoms with Crippen molar-refractivity contribution in [3.05, 3.63) is 77.9 Å². The van der Waals surface area contributed by atoms with Gasteiger partial charge in [0, 0.05) is 11.1 Å². The van der Waals surface area contributed by atoms with Crippen LogP contribution in [0, 0.1) is 6.92 Å². The maximum Gasteiger partial charge on any atom is 0.227 e. The minimum absolute atomic E-state index is 0.573. The summed E-state index contributed by atoms with van der Waals surface area (Å²) in [4.78, 5) is 15.5. The van der Waals surface area contributed by atoms with Crippen LogP contribution in [0.4, 0.5) is 0 Å². The summed E-state index contributed by atoms with van der Waals surface area (Å²) in [6.45, 7) is 2.07. The number of aldehydes is 1. The van der Waals surface area contributed by atoms with E-state index in [2.05, 4.69) is 30.1 Å². The summed E-state index contributed by atoms with van der Waals surface area (Å²) in [5.41, 5.74) is 6.36. The third kappa shape index (κ3) is 2.40. The molecule has 1 heterocycles. The molecule has 0 amide bonds. The van der Waals surface area contributed by atoms with E-state index in [-0.39, 0.29) is 0 Å². The molecule has 0 radical (unpaired) electrons. The Morgan fingerprint density at radius 1 is 0.917 bits per heavy atom. The monoisotopic (exact) mass is 313 g/mol. The molecule has 0 saturated carbocycles. The van der Waals surface area contributed by atoms with Crippen molar-refractivity contribution in [1.29, 1.82) is 0 Å². The van der Waals surface area contributed by atoms with Crippen molar-refractivity contribution in [3.8, 4) is 22.6 Å². The van der Waals surface area contributed by atoms with Crippen LogP contribution in [0.1, 0.15) is 15.9 Å². The van der Waals surface area contributed by atoms with Gasteiger partial charge in [0.1, 0.15) is 11.8 Å². The smallest absolute Gasteiger partial charge is 0.227 e. The largest absolute Gasteiger partial charge is 0.436 e. The first-order valence-corrected chi connectivity index (χ1v) is 7.77. The first kappa shape index (κ1) is 14.4. The Labute approximate surface area is 139 Å². The molecule has 0 bridgehead atoms. The van der Waals surface area contributed by atoms with E-state index >= 15 is 0 Å². The van der Waals surface area contributed by atoms with Crippen LogP contribution in [-0.4, -0.2) is 11.3 Å². The minimum atomic E-state index is 0.573. The Morgan fingerprint density at radius 3 is 2.50 bits per heavy atom. The van der Waals surface area contributed by atoms with Gasteiger partial charge in [-0.2, -0.15) is 0 Å². The first-order valence-electron chi connectivity index (χ1n) is 7.77. The maximum absolute atomic E-state index is 10.9. The Bertz CT molecular complexity index is 1030. The van der Waals surface area contributed by atoms with Crippen LogP contribution in [0.25, 0.3) is 33.7 Å². The molecule has 0 aliphatic heterocycles. The molecule has 3 aromatic carbocycles. The number of nitrogens with zero attached hydrogens (tertiary/aromatic N) is 1. The van der Waals surface area contributed by atoms with E-state index in [1.807, 2.05) is 30.3 Å². The molecule has 0 saturated heterocycles. The van der Waals surface area contributed by atoms with E-state index in [4.69, 9.17) is 4.42 Å². The molecule has 3 nitrogen and oxygen atoms in total. The standard InChI is InChI=1S/C21H15NO2/c1-14-17(16-6-3-2-4-7-16)8-5-9-18(14)21-22-19-12-15(13-23)10-11-20(19)24-21/h2-13H,1H3. The number of oxazole rings is 1. The predicted octanol–water partition coefficient (Wildman–Crippen LogP) is 5.28. The molecule has 0 N–H and O–H groups in total. The van der Waals surface area contributed by atoms with Gasteiger partial charge in [0.05, 0.1) is 0 Å². The Hall–Kier alpha value is -3.20. The van der Waals surface area contributed by atoms with E-state index < -0.39 is 0 Å². The summed E-state index contributed by atoms with van der Waals surface area (Å²) in [6, 6.07) is 21.6. The Morgan fingerprint density at radius 2 is 1.71 bits per heavy atom. The topological polar surface area (TPSA) is 43.1 Å². The van der Waals surface area contributed by atoms with E-state index in [1.165, 1.54) is 0 Å². The molecule has 3 heteroatoms. The second-order valence-electron chi connectivity index (χ2n) is 5.71. The van der Waals surface area contributed by atoms with Crippen molar-refractivity contribution in [2.24, 2.45) is 0 Å². The number of aromatic nitrogens is 1. The van der Waals surface area contributed by atoms with Gasteiger partial charge in [-0.3, -0.25) is 4.79 Å². The SMILES string of the molecule is Cc1c(-c2ccccc2)cccc1-c1nc2cc(C=O)ccc2o1. The highest BCUT2D eigenvalue weighted by molar-refractivity contribution is 5.85. The molecule has 0 atom stereocenters. The lowest BCUT2D eigenvalue weighted by molar-refractivity contribution is 0.112. The molecule has 0 unspecified atom stereocenters. The number of benzene rings is 3. The van der Waals surface area contributed by atoms with Gasteiger partial charge in [-0.1, -0.05) is 42.5 Å². The van der Waals surface area contributed by atoms with E-state index in [9.17, 15) is 4.79 Å². The van der Waals surface area contributed by atoms with Gasteiger partial charge in [-0.25, -0.2) is 4.98 Å². The van der Waals surface area contributed by atoms with Crippen LogP contribution in [-0.2, 0) is 0 Å². The average Bonchev–Trinajstić information content (AvgIpc) is 3.05. The fourth-order valence-electron chi connectivity index (χ4n) is 2.93. The number of hydrogen-bond donors (Lipinski definition) is 0. The quantitative estimate of drug-likeness (QED) is 0.483. The van der Waals surface area contributed by atoms with Crippen LogP contribution >= 0.6 is 0 Å². The summed E-state index contributed by atoms with van der Waals surface area (Å²) in [5.74, 6) is 0.573. The van der Waals surface area contributed by atoms with E-state index in [1.54, 1.807) is 18.2 Å².